The van der Waals surface area contributed by atoms with Crippen LogP contribution in [0.2, 0.25) is 0 Å². The van der Waals surface area contributed by atoms with Crippen molar-refractivity contribution < 1.29 is 14.7 Å². The van der Waals surface area contributed by atoms with Gasteiger partial charge < -0.3 is 10.4 Å². The smallest absolute Gasteiger partial charge is 0.308 e. The molecular formula is C19H25N3O3. The van der Waals surface area contributed by atoms with Crippen molar-refractivity contribution in [1.82, 2.24) is 15.1 Å². The summed E-state index contributed by atoms with van der Waals surface area (Å²) in [6.07, 6.45) is 0.375. The predicted molar refractivity (Wildman–Crippen MR) is 95.6 cm³/mol. The highest BCUT2D eigenvalue weighted by Crippen LogP contribution is 2.14. The fourth-order valence-corrected chi connectivity index (χ4v) is 2.66. The van der Waals surface area contributed by atoms with Gasteiger partial charge in [0.05, 0.1) is 11.6 Å². The number of aryl methyl sites for hydroxylation is 2. The third kappa shape index (κ3) is 4.92. The molecule has 1 aromatic carbocycles. The van der Waals surface area contributed by atoms with Gasteiger partial charge in [-0.05, 0) is 30.9 Å². The maximum absolute atomic E-state index is 12.4. The number of aliphatic carboxylic acids is 1. The summed E-state index contributed by atoms with van der Waals surface area (Å²) >= 11 is 0. The number of carboxylic acid groups (broad SMARTS) is 1. The van der Waals surface area contributed by atoms with Gasteiger partial charge in [-0.1, -0.05) is 43.7 Å². The number of aromatic nitrogens is 2. The van der Waals surface area contributed by atoms with Crippen LogP contribution in [0.15, 0.2) is 30.3 Å². The lowest BCUT2D eigenvalue weighted by Crippen LogP contribution is -2.35. The molecule has 134 valence electrons. The maximum Gasteiger partial charge on any atom is 0.308 e. The number of hydrogen-bond acceptors (Lipinski definition) is 3. The molecule has 1 atom stereocenters. The monoisotopic (exact) mass is 343 g/mol. The summed E-state index contributed by atoms with van der Waals surface area (Å²) in [5, 5.41) is 16.5. The number of nitrogens with zero attached hydrogens (tertiary/aromatic N) is 2. The zero-order valence-electron chi connectivity index (χ0n) is 15.1. The molecule has 2 N–H and O–H groups in total. The molecule has 1 amide bonds. The zero-order valence-corrected chi connectivity index (χ0v) is 15.1. The second-order valence-electron chi connectivity index (χ2n) is 6.67. The first-order valence-corrected chi connectivity index (χ1v) is 8.38. The first kappa shape index (κ1) is 18.7. The first-order valence-electron chi connectivity index (χ1n) is 8.38. The highest BCUT2D eigenvalue weighted by Gasteiger charge is 2.21. The second kappa shape index (κ2) is 7.96. The van der Waals surface area contributed by atoms with Crippen LogP contribution in [0.1, 0.15) is 47.1 Å². The maximum atomic E-state index is 12.4. The molecule has 6 nitrogen and oxygen atoms in total. The van der Waals surface area contributed by atoms with Gasteiger partial charge in [-0.15, -0.1) is 0 Å². The van der Waals surface area contributed by atoms with Crippen molar-refractivity contribution in [2.75, 3.05) is 6.54 Å². The quantitative estimate of drug-likeness (QED) is 0.809. The largest absolute Gasteiger partial charge is 0.481 e. The van der Waals surface area contributed by atoms with Crippen LogP contribution >= 0.6 is 0 Å². The summed E-state index contributed by atoms with van der Waals surface area (Å²) in [6, 6.07) is 9.49. The van der Waals surface area contributed by atoms with Gasteiger partial charge in [0.25, 0.3) is 5.91 Å². The van der Waals surface area contributed by atoms with E-state index >= 15 is 0 Å². The Bertz CT molecular complexity index is 765. The Hall–Kier alpha value is -2.63. The molecule has 0 spiro atoms. The number of carbonyl (C=O) groups excluding carboxylic acids is 1. The molecule has 1 aromatic heterocycles. The third-order valence-corrected chi connectivity index (χ3v) is 4.15. The molecule has 2 rings (SSSR count). The molecule has 1 heterocycles. The molecule has 25 heavy (non-hydrogen) atoms. The average molecular weight is 343 g/mol. The average Bonchev–Trinajstić information content (AvgIpc) is 2.93. The van der Waals surface area contributed by atoms with E-state index in [0.717, 1.165) is 16.8 Å². The summed E-state index contributed by atoms with van der Waals surface area (Å²) in [4.78, 5) is 23.9. The Balaban J connectivity index is 2.03. The molecule has 0 bridgehead atoms. The highest BCUT2D eigenvalue weighted by molar-refractivity contribution is 5.93. The molecule has 6 heteroatoms. The van der Waals surface area contributed by atoms with E-state index in [1.165, 1.54) is 4.68 Å². The minimum atomic E-state index is -0.922. The molecular weight excluding hydrogens is 318 g/mol. The van der Waals surface area contributed by atoms with Gasteiger partial charge in [-0.3, -0.25) is 14.3 Å². The molecule has 0 aliphatic heterocycles. The number of amides is 1. The topological polar surface area (TPSA) is 84.2 Å². The van der Waals surface area contributed by atoms with Crippen molar-refractivity contribution in [2.45, 2.75) is 33.1 Å². The van der Waals surface area contributed by atoms with Gasteiger partial charge >= 0.3 is 5.97 Å². The lowest BCUT2D eigenvalue weighted by Gasteiger charge is -2.14. The van der Waals surface area contributed by atoms with Crippen molar-refractivity contribution in [2.24, 2.45) is 13.0 Å². The third-order valence-electron chi connectivity index (χ3n) is 4.15. The number of carboxylic acids is 1. The molecule has 0 unspecified atom stereocenters. The van der Waals surface area contributed by atoms with E-state index in [2.05, 4.69) is 10.4 Å². The normalized spacial score (nSPS) is 12.2. The number of benzene rings is 1. The first-order chi connectivity index (χ1) is 11.8. The van der Waals surface area contributed by atoms with Crippen molar-refractivity contribution in [3.63, 3.8) is 0 Å². The summed E-state index contributed by atoms with van der Waals surface area (Å²) in [5.41, 5.74) is 3.30. The molecule has 2 aromatic rings. The van der Waals surface area contributed by atoms with E-state index in [-0.39, 0.29) is 18.4 Å². The van der Waals surface area contributed by atoms with E-state index in [1.54, 1.807) is 13.1 Å². The number of rotatable bonds is 7. The Morgan fingerprint density at radius 1 is 1.28 bits per heavy atom. The van der Waals surface area contributed by atoms with E-state index < -0.39 is 11.9 Å². The SMILES string of the molecule is Cc1cccc(C[C@@H](CNC(=O)c2cc(C(C)C)nn2C)C(=O)O)c1. The van der Waals surface area contributed by atoms with Crippen LogP contribution in [-0.2, 0) is 18.3 Å². The Morgan fingerprint density at radius 3 is 2.56 bits per heavy atom. The van der Waals surface area contributed by atoms with Gasteiger partial charge in [0.1, 0.15) is 5.69 Å². The van der Waals surface area contributed by atoms with Crippen molar-refractivity contribution in [1.29, 1.82) is 0 Å². The van der Waals surface area contributed by atoms with E-state index in [9.17, 15) is 14.7 Å². The number of nitrogens with one attached hydrogen (secondary N) is 1. The standard InChI is InChI=1S/C19H25N3O3/c1-12(2)16-10-17(22(4)21-16)18(23)20-11-15(19(24)25)9-14-7-5-6-13(3)8-14/h5-8,10,12,15H,9,11H2,1-4H3,(H,20,23)(H,24,25)/t15-/m0/s1. The molecule has 0 radical (unpaired) electrons. The number of carbonyl (C=O) groups is 2. The van der Waals surface area contributed by atoms with Crippen molar-refractivity contribution in [3.8, 4) is 0 Å². The molecule has 0 fully saturated rings. The summed E-state index contributed by atoms with van der Waals surface area (Å²) in [5.74, 6) is -1.68. The minimum Gasteiger partial charge on any atom is -0.481 e. The van der Waals surface area contributed by atoms with E-state index in [1.807, 2.05) is 45.0 Å². The van der Waals surface area contributed by atoms with Gasteiger partial charge in [0, 0.05) is 13.6 Å². The van der Waals surface area contributed by atoms with E-state index in [4.69, 9.17) is 0 Å². The van der Waals surface area contributed by atoms with Gasteiger partial charge in [-0.25, -0.2) is 0 Å². The van der Waals surface area contributed by atoms with E-state index in [0.29, 0.717) is 12.1 Å². The van der Waals surface area contributed by atoms with Crippen LogP contribution in [0.4, 0.5) is 0 Å². The van der Waals surface area contributed by atoms with Gasteiger partial charge in [-0.2, -0.15) is 5.10 Å². The lowest BCUT2D eigenvalue weighted by atomic mass is 9.98. The summed E-state index contributed by atoms with van der Waals surface area (Å²) < 4.78 is 1.53. The molecule has 0 saturated heterocycles. The predicted octanol–water partition coefficient (Wildman–Crippen LogP) is 2.53. The van der Waals surface area contributed by atoms with Crippen molar-refractivity contribution >= 4 is 11.9 Å². The fourth-order valence-electron chi connectivity index (χ4n) is 2.66. The number of hydrogen-bond donors (Lipinski definition) is 2. The Labute approximate surface area is 147 Å². The molecule has 0 aliphatic rings. The van der Waals surface area contributed by atoms with Crippen LogP contribution in [0.25, 0.3) is 0 Å². The summed E-state index contributed by atoms with van der Waals surface area (Å²) in [6.45, 7) is 6.05. The Morgan fingerprint density at radius 2 is 2.00 bits per heavy atom. The zero-order chi connectivity index (χ0) is 18.6. The molecule has 0 aliphatic carbocycles. The van der Waals surface area contributed by atoms with Crippen LogP contribution in [0, 0.1) is 12.8 Å². The molecule has 0 saturated carbocycles. The van der Waals surface area contributed by atoms with Crippen molar-refractivity contribution in [3.05, 3.63) is 52.8 Å². The van der Waals surface area contributed by atoms with Gasteiger partial charge in [0.15, 0.2) is 0 Å². The van der Waals surface area contributed by atoms with Crippen LogP contribution in [0.5, 0.6) is 0 Å². The minimum absolute atomic E-state index is 0.0737. The highest BCUT2D eigenvalue weighted by atomic mass is 16.4. The van der Waals surface area contributed by atoms with Gasteiger partial charge in [0.2, 0.25) is 0 Å². The Kier molecular flexibility index (Phi) is 5.96. The van der Waals surface area contributed by atoms with Crippen LogP contribution in [0.3, 0.4) is 0 Å². The summed E-state index contributed by atoms with van der Waals surface area (Å²) in [7, 11) is 1.71. The van der Waals surface area contributed by atoms with Crippen LogP contribution < -0.4 is 5.32 Å². The second-order valence-corrected chi connectivity index (χ2v) is 6.67. The fraction of sp³-hybridized carbons (Fsp3) is 0.421. The van der Waals surface area contributed by atoms with Crippen LogP contribution in [-0.4, -0.2) is 33.3 Å². The lowest BCUT2D eigenvalue weighted by molar-refractivity contribution is -0.141.